The van der Waals surface area contributed by atoms with Crippen LogP contribution in [0.4, 0.5) is 8.78 Å². The fourth-order valence-electron chi connectivity index (χ4n) is 3.28. The largest absolute Gasteiger partial charge is 0.489 e. The summed E-state index contributed by atoms with van der Waals surface area (Å²) in [7, 11) is 0. The maximum absolute atomic E-state index is 13.9. The van der Waals surface area contributed by atoms with Crippen molar-refractivity contribution < 1.29 is 13.5 Å². The molecule has 0 aliphatic heterocycles. The van der Waals surface area contributed by atoms with Gasteiger partial charge >= 0.3 is 0 Å². The fraction of sp³-hybridized carbons (Fsp3) is 0.500. The molecule has 1 heterocycles. The van der Waals surface area contributed by atoms with E-state index in [9.17, 15) is 8.78 Å². The predicted molar refractivity (Wildman–Crippen MR) is 85.2 cm³/mol. The molecule has 1 N–H and O–H groups in total. The Bertz CT molecular complexity index is 683. The van der Waals surface area contributed by atoms with E-state index >= 15 is 0 Å². The van der Waals surface area contributed by atoms with Crippen LogP contribution in [0, 0.1) is 20.8 Å². The first kappa shape index (κ1) is 16.0. The van der Waals surface area contributed by atoms with Gasteiger partial charge in [-0.3, -0.25) is 5.10 Å². The molecule has 1 unspecified atom stereocenters. The average molecular weight is 320 g/mol. The average Bonchev–Trinajstić information content (AvgIpc) is 2.98. The van der Waals surface area contributed by atoms with Gasteiger partial charge in [-0.25, -0.2) is 8.78 Å². The van der Waals surface area contributed by atoms with Gasteiger partial charge in [-0.15, -0.1) is 0 Å². The van der Waals surface area contributed by atoms with E-state index in [2.05, 4.69) is 10.2 Å². The van der Waals surface area contributed by atoms with Gasteiger partial charge in [-0.1, -0.05) is 6.07 Å². The molecule has 1 aliphatic rings. The van der Waals surface area contributed by atoms with E-state index in [4.69, 9.17) is 4.74 Å². The molecule has 3 rings (SSSR count). The Labute approximate surface area is 135 Å². The highest BCUT2D eigenvalue weighted by molar-refractivity contribution is 5.41. The van der Waals surface area contributed by atoms with Crippen molar-refractivity contribution in [2.45, 2.75) is 58.0 Å². The van der Waals surface area contributed by atoms with Gasteiger partial charge in [0.2, 0.25) is 0 Å². The van der Waals surface area contributed by atoms with Crippen LogP contribution in [-0.4, -0.2) is 22.2 Å². The number of benzene rings is 1. The Morgan fingerprint density at radius 1 is 1.17 bits per heavy atom. The van der Waals surface area contributed by atoms with Crippen LogP contribution in [0.25, 0.3) is 0 Å². The predicted octanol–water partition coefficient (Wildman–Crippen LogP) is 4.69. The number of alkyl halides is 2. The van der Waals surface area contributed by atoms with Crippen LogP contribution in [0.1, 0.15) is 47.4 Å². The number of aromatic amines is 1. The second kappa shape index (κ2) is 5.95. The lowest BCUT2D eigenvalue weighted by Crippen LogP contribution is -2.38. The number of aryl methyl sites for hydroxylation is 3. The molecular weight excluding hydrogens is 298 g/mol. The molecule has 1 aromatic heterocycles. The highest BCUT2D eigenvalue weighted by Gasteiger charge is 2.43. The van der Waals surface area contributed by atoms with Gasteiger partial charge in [0.15, 0.2) is 0 Å². The van der Waals surface area contributed by atoms with E-state index in [-0.39, 0.29) is 18.8 Å². The Morgan fingerprint density at radius 3 is 2.61 bits per heavy atom. The maximum atomic E-state index is 13.9. The lowest BCUT2D eigenvalue weighted by atomic mass is 9.81. The van der Waals surface area contributed by atoms with Crippen molar-refractivity contribution in [1.82, 2.24) is 10.2 Å². The van der Waals surface area contributed by atoms with Crippen molar-refractivity contribution in [3.8, 4) is 5.75 Å². The summed E-state index contributed by atoms with van der Waals surface area (Å²) in [5, 5.41) is 6.72. The highest BCUT2D eigenvalue weighted by Crippen LogP contribution is 2.43. The number of ether oxygens (including phenoxy) is 1. The summed E-state index contributed by atoms with van der Waals surface area (Å²) in [4.78, 5) is 0. The van der Waals surface area contributed by atoms with E-state index in [1.54, 1.807) is 12.4 Å². The van der Waals surface area contributed by atoms with Gasteiger partial charge in [0.05, 0.1) is 6.20 Å². The zero-order chi connectivity index (χ0) is 16.6. The molecular formula is C18H22F2N2O. The van der Waals surface area contributed by atoms with Crippen LogP contribution in [0.2, 0.25) is 0 Å². The third-order valence-corrected chi connectivity index (χ3v) is 4.79. The first-order valence-corrected chi connectivity index (χ1v) is 7.97. The Kier molecular flexibility index (Phi) is 4.13. The first-order valence-electron chi connectivity index (χ1n) is 7.97. The van der Waals surface area contributed by atoms with Gasteiger partial charge in [0, 0.05) is 25.0 Å². The molecule has 0 amide bonds. The van der Waals surface area contributed by atoms with Crippen LogP contribution >= 0.6 is 0 Å². The number of aromatic nitrogens is 2. The summed E-state index contributed by atoms with van der Waals surface area (Å²) in [5.74, 6) is -2.03. The number of nitrogens with zero attached hydrogens (tertiary/aromatic N) is 1. The van der Waals surface area contributed by atoms with Crippen LogP contribution in [-0.2, 0) is 0 Å². The number of hydrogen-bond acceptors (Lipinski definition) is 2. The summed E-state index contributed by atoms with van der Waals surface area (Å²) in [6, 6.07) is 3.99. The van der Waals surface area contributed by atoms with Crippen LogP contribution < -0.4 is 4.74 Å². The third kappa shape index (κ3) is 3.38. The number of nitrogens with one attached hydrogen (secondary N) is 1. The fourth-order valence-corrected chi connectivity index (χ4v) is 3.28. The molecule has 1 aliphatic carbocycles. The molecule has 0 saturated heterocycles. The van der Waals surface area contributed by atoms with Crippen molar-refractivity contribution in [2.75, 3.05) is 0 Å². The number of halogens is 2. The molecule has 3 nitrogen and oxygen atoms in total. The van der Waals surface area contributed by atoms with Gasteiger partial charge in [0.1, 0.15) is 11.9 Å². The van der Waals surface area contributed by atoms with E-state index in [1.165, 1.54) is 5.56 Å². The van der Waals surface area contributed by atoms with E-state index in [1.807, 2.05) is 32.9 Å². The quantitative estimate of drug-likeness (QED) is 0.891. The van der Waals surface area contributed by atoms with E-state index < -0.39 is 12.0 Å². The Morgan fingerprint density at radius 2 is 1.91 bits per heavy atom. The van der Waals surface area contributed by atoms with Crippen molar-refractivity contribution >= 4 is 0 Å². The first-order chi connectivity index (χ1) is 10.9. The third-order valence-electron chi connectivity index (χ3n) is 4.79. The second-order valence-electron chi connectivity index (χ2n) is 6.60. The molecule has 0 radical (unpaired) electrons. The van der Waals surface area contributed by atoms with Crippen LogP contribution in [0.15, 0.2) is 24.5 Å². The highest BCUT2D eigenvalue weighted by atomic mass is 19.3. The molecule has 1 saturated carbocycles. The monoisotopic (exact) mass is 320 g/mol. The summed E-state index contributed by atoms with van der Waals surface area (Å²) in [6.45, 7) is 6.00. The van der Waals surface area contributed by atoms with Crippen LogP contribution in [0.5, 0.6) is 5.75 Å². The molecule has 0 spiro atoms. The molecule has 2 atom stereocenters. The van der Waals surface area contributed by atoms with Gasteiger partial charge in [-0.2, -0.15) is 5.10 Å². The smallest absolute Gasteiger partial charge is 0.251 e. The lowest BCUT2D eigenvalue weighted by molar-refractivity contribution is -0.0773. The summed E-state index contributed by atoms with van der Waals surface area (Å²) in [5.41, 5.74) is 4.20. The number of rotatable bonds is 3. The minimum atomic E-state index is -2.67. The van der Waals surface area contributed by atoms with Gasteiger partial charge in [-0.05, 0) is 55.5 Å². The zero-order valence-corrected chi connectivity index (χ0v) is 13.7. The Balaban J connectivity index is 1.89. The second-order valence-corrected chi connectivity index (χ2v) is 6.60. The van der Waals surface area contributed by atoms with Crippen molar-refractivity contribution in [2.24, 2.45) is 0 Å². The molecule has 0 bridgehead atoms. The topological polar surface area (TPSA) is 37.9 Å². The normalized spacial score (nSPS) is 23.7. The van der Waals surface area contributed by atoms with Gasteiger partial charge in [0.25, 0.3) is 5.92 Å². The van der Waals surface area contributed by atoms with Crippen molar-refractivity contribution in [3.63, 3.8) is 0 Å². The maximum Gasteiger partial charge on any atom is 0.251 e. The zero-order valence-electron chi connectivity index (χ0n) is 13.7. The number of hydrogen-bond donors (Lipinski definition) is 1. The van der Waals surface area contributed by atoms with Crippen molar-refractivity contribution in [3.05, 3.63) is 46.8 Å². The molecule has 124 valence electrons. The summed E-state index contributed by atoms with van der Waals surface area (Å²) >= 11 is 0. The van der Waals surface area contributed by atoms with Crippen molar-refractivity contribution in [1.29, 1.82) is 0 Å². The minimum Gasteiger partial charge on any atom is -0.489 e. The molecule has 23 heavy (non-hydrogen) atoms. The van der Waals surface area contributed by atoms with Crippen LogP contribution in [0.3, 0.4) is 0 Å². The Hall–Kier alpha value is -1.91. The minimum absolute atomic E-state index is 0.0608. The summed E-state index contributed by atoms with van der Waals surface area (Å²) < 4.78 is 33.9. The molecule has 1 fully saturated rings. The lowest BCUT2D eigenvalue weighted by Gasteiger charge is -2.36. The number of H-pyrrole nitrogens is 1. The molecule has 1 aromatic carbocycles. The molecule has 2 aromatic rings. The molecule has 5 heteroatoms. The van der Waals surface area contributed by atoms with Gasteiger partial charge < -0.3 is 4.74 Å². The SMILES string of the molecule is Cc1cc(C)c(OC2CC(F)(F)CC[C@H]2c2cn[nH]c2)cc1C. The van der Waals surface area contributed by atoms with E-state index in [0.29, 0.717) is 12.2 Å². The standard InChI is InChI=1S/C18H22F2N2O/c1-11-6-13(3)16(7-12(11)2)23-17-8-18(19,20)5-4-15(17)14-9-21-22-10-14/h6-7,9-10,15,17H,4-5,8H2,1-3H3,(H,21,22)/t15-,17?/m0/s1. The van der Waals surface area contributed by atoms with E-state index in [0.717, 1.165) is 16.7 Å². The summed E-state index contributed by atoms with van der Waals surface area (Å²) in [6.07, 6.45) is 2.98.